The molecule has 0 fully saturated rings. The topological polar surface area (TPSA) is 161 Å². The molecule has 0 amide bonds. The van der Waals surface area contributed by atoms with Crippen molar-refractivity contribution < 1.29 is 29.4 Å². The van der Waals surface area contributed by atoms with Crippen molar-refractivity contribution in [1.29, 1.82) is 0 Å². The van der Waals surface area contributed by atoms with Crippen molar-refractivity contribution >= 4 is 45.1 Å². The number of carboxylic acid groups (broad SMARTS) is 2. The molecule has 2 atom stereocenters. The third-order valence-electron chi connectivity index (χ3n) is 4.30. The van der Waals surface area contributed by atoms with E-state index in [1.54, 1.807) is 36.4 Å². The van der Waals surface area contributed by atoms with Gasteiger partial charge in [0, 0.05) is 22.6 Å². The number of carboxylic acids is 2. The predicted octanol–water partition coefficient (Wildman–Crippen LogP) is 1.70. The average Bonchev–Trinajstić information content (AvgIpc) is 2.76. The van der Waals surface area contributed by atoms with Crippen LogP contribution < -0.4 is 11.5 Å². The van der Waals surface area contributed by atoms with Crippen molar-refractivity contribution in [1.82, 2.24) is 0 Å². The van der Waals surface area contributed by atoms with Gasteiger partial charge in [-0.05, 0) is 0 Å². The molecule has 10 heteroatoms. The molecule has 8 nitrogen and oxygen atoms in total. The van der Waals surface area contributed by atoms with Crippen LogP contribution in [0.2, 0.25) is 0 Å². The van der Waals surface area contributed by atoms with Crippen molar-refractivity contribution in [2.24, 2.45) is 11.5 Å². The highest BCUT2D eigenvalue weighted by molar-refractivity contribution is 8.76. The number of rotatable bonds is 11. The van der Waals surface area contributed by atoms with Crippen LogP contribution in [0.5, 0.6) is 0 Å². The van der Waals surface area contributed by atoms with Crippen molar-refractivity contribution in [3.05, 3.63) is 71.8 Å². The van der Waals surface area contributed by atoms with Gasteiger partial charge in [-0.1, -0.05) is 82.3 Å². The van der Waals surface area contributed by atoms with Crippen molar-refractivity contribution in [3.63, 3.8) is 0 Å². The summed E-state index contributed by atoms with van der Waals surface area (Å²) in [4.78, 5) is 48.6. The molecule has 2 unspecified atom stereocenters. The van der Waals surface area contributed by atoms with Gasteiger partial charge in [0.2, 0.25) is 0 Å². The largest absolute Gasteiger partial charge is 0.480 e. The third-order valence-corrected chi connectivity index (χ3v) is 6.82. The number of aliphatic carboxylic acids is 2. The molecule has 0 heterocycles. The van der Waals surface area contributed by atoms with E-state index in [4.69, 9.17) is 11.5 Å². The maximum Gasteiger partial charge on any atom is 0.332 e. The van der Waals surface area contributed by atoms with E-state index in [0.29, 0.717) is 0 Å². The lowest BCUT2D eigenvalue weighted by molar-refractivity contribution is -0.141. The number of hydrogen-bond donors (Lipinski definition) is 4. The van der Waals surface area contributed by atoms with Gasteiger partial charge < -0.3 is 21.7 Å². The molecule has 30 heavy (non-hydrogen) atoms. The SMILES string of the molecule is NC(CSSCC(N)(C(=O)O)C(=O)c1ccccc1)(C(=O)O)C(=O)c1ccccc1. The van der Waals surface area contributed by atoms with Crippen LogP contribution in [-0.2, 0) is 9.59 Å². The Bertz CT molecular complexity index is 863. The van der Waals surface area contributed by atoms with Gasteiger partial charge in [-0.25, -0.2) is 9.59 Å². The van der Waals surface area contributed by atoms with Crippen molar-refractivity contribution in [2.75, 3.05) is 11.5 Å². The third kappa shape index (κ3) is 5.08. The highest BCUT2D eigenvalue weighted by atomic mass is 33.1. The molecule has 2 rings (SSSR count). The highest BCUT2D eigenvalue weighted by Crippen LogP contribution is 2.30. The number of ketones is 2. The summed E-state index contributed by atoms with van der Waals surface area (Å²) in [6.45, 7) is 0. The molecule has 6 N–H and O–H groups in total. The fraction of sp³-hybridized carbons (Fsp3) is 0.200. The second-order valence-electron chi connectivity index (χ2n) is 6.47. The average molecular weight is 449 g/mol. The lowest BCUT2D eigenvalue weighted by Gasteiger charge is -2.25. The number of nitrogens with two attached hydrogens (primary N) is 2. The smallest absolute Gasteiger partial charge is 0.332 e. The molecule has 0 aliphatic heterocycles. The maximum atomic E-state index is 12.6. The molecule has 0 saturated heterocycles. The molecule has 0 saturated carbocycles. The van der Waals surface area contributed by atoms with Crippen LogP contribution in [0, 0.1) is 0 Å². The Labute approximate surface area is 180 Å². The number of carbonyl (C=O) groups excluding carboxylic acids is 2. The molecule has 0 radical (unpaired) electrons. The first-order valence-corrected chi connectivity index (χ1v) is 11.1. The summed E-state index contributed by atoms with van der Waals surface area (Å²) < 4.78 is 0. The normalized spacial score (nSPS) is 14.9. The summed E-state index contributed by atoms with van der Waals surface area (Å²) in [7, 11) is 1.73. The summed E-state index contributed by atoms with van der Waals surface area (Å²) in [6, 6.07) is 15.5. The zero-order chi connectivity index (χ0) is 22.4. The first kappa shape index (κ1) is 23.6. The van der Waals surface area contributed by atoms with Crippen LogP contribution >= 0.6 is 21.6 Å². The van der Waals surface area contributed by atoms with E-state index >= 15 is 0 Å². The van der Waals surface area contributed by atoms with Crippen molar-refractivity contribution in [3.8, 4) is 0 Å². The van der Waals surface area contributed by atoms with Gasteiger partial charge >= 0.3 is 11.9 Å². The standard InChI is InChI=1S/C20H20N2O6S2/c21-19(17(25)26,15(23)13-7-3-1-4-8-13)11-29-30-12-20(22,18(27)28)16(24)14-9-5-2-6-10-14/h1-10H,11-12,21-22H2,(H,25,26)(H,27,28). The van der Waals surface area contributed by atoms with Crippen LogP contribution in [0.25, 0.3) is 0 Å². The molecular formula is C20H20N2O6S2. The quantitative estimate of drug-likeness (QED) is 0.172. The number of benzene rings is 2. The molecule has 2 aromatic carbocycles. The lowest BCUT2D eigenvalue weighted by atomic mass is 9.92. The van der Waals surface area contributed by atoms with E-state index in [-0.39, 0.29) is 22.6 Å². The summed E-state index contributed by atoms with van der Waals surface area (Å²) in [5.74, 6) is -5.28. The summed E-state index contributed by atoms with van der Waals surface area (Å²) in [6.07, 6.45) is 0. The Morgan fingerprint density at radius 2 is 0.967 bits per heavy atom. The van der Waals surface area contributed by atoms with E-state index in [1.807, 2.05) is 0 Å². The van der Waals surface area contributed by atoms with Gasteiger partial charge in [0.05, 0.1) is 0 Å². The Hall–Kier alpha value is -2.66. The van der Waals surface area contributed by atoms with E-state index in [2.05, 4.69) is 0 Å². The Morgan fingerprint density at radius 1 is 0.667 bits per heavy atom. The Morgan fingerprint density at radius 3 is 1.23 bits per heavy atom. The minimum Gasteiger partial charge on any atom is -0.480 e. The number of Topliss-reactive ketones (excluding diaryl/α,β-unsaturated/α-hetero) is 2. The Balaban J connectivity index is 2.09. The van der Waals surface area contributed by atoms with Crippen LogP contribution in [0.4, 0.5) is 0 Å². The summed E-state index contributed by atoms with van der Waals surface area (Å²) in [5, 5.41) is 19.0. The molecule has 158 valence electrons. The first-order valence-electron chi connectivity index (χ1n) is 8.61. The van der Waals surface area contributed by atoms with Gasteiger partial charge in [0.25, 0.3) is 0 Å². The van der Waals surface area contributed by atoms with Crippen LogP contribution in [-0.4, -0.2) is 56.3 Å². The first-order chi connectivity index (χ1) is 14.1. The summed E-state index contributed by atoms with van der Waals surface area (Å²) in [5.41, 5.74) is 7.61. The van der Waals surface area contributed by atoms with Gasteiger partial charge in [-0.2, -0.15) is 0 Å². The Kier molecular flexibility index (Phi) is 7.79. The van der Waals surface area contributed by atoms with Gasteiger partial charge in [0.1, 0.15) is 0 Å². The van der Waals surface area contributed by atoms with Gasteiger partial charge in [0.15, 0.2) is 22.6 Å². The minimum atomic E-state index is -2.22. The molecule has 0 spiro atoms. The second-order valence-corrected chi connectivity index (χ2v) is 8.93. The fourth-order valence-electron chi connectivity index (χ4n) is 2.41. The monoisotopic (exact) mass is 448 g/mol. The predicted molar refractivity (Wildman–Crippen MR) is 116 cm³/mol. The number of carbonyl (C=O) groups is 4. The maximum absolute atomic E-state index is 12.6. The highest BCUT2D eigenvalue weighted by Gasteiger charge is 2.45. The van der Waals surface area contributed by atoms with E-state index in [0.717, 1.165) is 21.6 Å². The van der Waals surface area contributed by atoms with Crippen molar-refractivity contribution in [2.45, 2.75) is 11.1 Å². The molecule has 0 aliphatic carbocycles. The molecule has 0 bridgehead atoms. The fourth-order valence-corrected chi connectivity index (χ4v) is 5.08. The zero-order valence-electron chi connectivity index (χ0n) is 15.7. The van der Waals surface area contributed by atoms with Crippen LogP contribution in [0.15, 0.2) is 60.7 Å². The number of hydrogen-bond acceptors (Lipinski definition) is 8. The lowest BCUT2D eigenvalue weighted by Crippen LogP contribution is -2.58. The van der Waals surface area contributed by atoms with E-state index in [1.165, 1.54) is 24.3 Å². The minimum absolute atomic E-state index is 0.144. The molecule has 2 aromatic rings. The molecule has 0 aromatic heterocycles. The van der Waals surface area contributed by atoms with E-state index < -0.39 is 34.6 Å². The molecule has 0 aliphatic rings. The van der Waals surface area contributed by atoms with Crippen LogP contribution in [0.1, 0.15) is 20.7 Å². The van der Waals surface area contributed by atoms with Crippen LogP contribution in [0.3, 0.4) is 0 Å². The summed E-state index contributed by atoms with van der Waals surface area (Å²) >= 11 is 0. The van der Waals surface area contributed by atoms with E-state index in [9.17, 15) is 29.4 Å². The molecular weight excluding hydrogens is 428 g/mol. The van der Waals surface area contributed by atoms with Gasteiger partial charge in [-0.15, -0.1) is 0 Å². The zero-order valence-corrected chi connectivity index (χ0v) is 17.3. The second kappa shape index (κ2) is 9.90. The van der Waals surface area contributed by atoms with Gasteiger partial charge in [-0.3, -0.25) is 9.59 Å².